The van der Waals surface area contributed by atoms with Crippen LogP contribution in [0.1, 0.15) is 19.8 Å². The minimum atomic E-state index is 0.581. The number of nitrogens with one attached hydrogen (secondary N) is 1. The van der Waals surface area contributed by atoms with Crippen LogP contribution in [0.15, 0.2) is 24.3 Å². The summed E-state index contributed by atoms with van der Waals surface area (Å²) in [7, 11) is 0. The van der Waals surface area contributed by atoms with Crippen molar-refractivity contribution < 1.29 is 14.2 Å². The molecule has 1 heterocycles. The van der Waals surface area contributed by atoms with Gasteiger partial charge in [0.1, 0.15) is 18.1 Å². The summed E-state index contributed by atoms with van der Waals surface area (Å²) in [5.74, 6) is 1.77. The molecular weight excluding hydrogens is 242 g/mol. The molecule has 0 bridgehead atoms. The molecule has 1 saturated heterocycles. The average Bonchev–Trinajstić information content (AvgIpc) is 2.47. The predicted molar refractivity (Wildman–Crippen MR) is 74.9 cm³/mol. The topological polar surface area (TPSA) is 39.7 Å². The molecule has 0 unspecified atom stereocenters. The van der Waals surface area contributed by atoms with Crippen LogP contribution in [0.2, 0.25) is 0 Å². The Morgan fingerprint density at radius 2 is 1.74 bits per heavy atom. The van der Waals surface area contributed by atoms with Crippen molar-refractivity contribution in [3.05, 3.63) is 24.3 Å². The maximum absolute atomic E-state index is 5.68. The zero-order valence-corrected chi connectivity index (χ0v) is 11.6. The van der Waals surface area contributed by atoms with Crippen LogP contribution in [0.5, 0.6) is 11.5 Å². The molecule has 4 heteroatoms. The first-order valence-electron chi connectivity index (χ1n) is 7.05. The Morgan fingerprint density at radius 1 is 1.11 bits per heavy atom. The molecule has 1 aromatic rings. The van der Waals surface area contributed by atoms with Gasteiger partial charge in [-0.15, -0.1) is 0 Å². The van der Waals surface area contributed by atoms with Gasteiger partial charge in [-0.05, 0) is 44.0 Å². The molecule has 0 atom stereocenters. The second-order valence-electron chi connectivity index (χ2n) is 4.59. The van der Waals surface area contributed by atoms with Gasteiger partial charge >= 0.3 is 0 Å². The number of hydrogen-bond donors (Lipinski definition) is 1. The Bertz CT molecular complexity index is 347. The summed E-state index contributed by atoms with van der Waals surface area (Å²) in [6.07, 6.45) is 2.20. The number of rotatable bonds is 7. The fourth-order valence-corrected chi connectivity index (χ4v) is 2.13. The second-order valence-corrected chi connectivity index (χ2v) is 4.59. The van der Waals surface area contributed by atoms with Gasteiger partial charge in [0.15, 0.2) is 0 Å². The van der Waals surface area contributed by atoms with Crippen LogP contribution in [-0.4, -0.2) is 39.0 Å². The number of benzene rings is 1. The van der Waals surface area contributed by atoms with Gasteiger partial charge in [0.05, 0.1) is 6.61 Å². The first kappa shape index (κ1) is 14.2. The summed E-state index contributed by atoms with van der Waals surface area (Å²) >= 11 is 0. The highest BCUT2D eigenvalue weighted by molar-refractivity contribution is 5.31. The van der Waals surface area contributed by atoms with Crippen molar-refractivity contribution >= 4 is 0 Å². The molecule has 0 spiro atoms. The third kappa shape index (κ3) is 5.09. The van der Waals surface area contributed by atoms with Crippen LogP contribution >= 0.6 is 0 Å². The molecule has 4 nitrogen and oxygen atoms in total. The first-order chi connectivity index (χ1) is 9.38. The van der Waals surface area contributed by atoms with Gasteiger partial charge in [-0.1, -0.05) is 0 Å². The first-order valence-corrected chi connectivity index (χ1v) is 7.05. The van der Waals surface area contributed by atoms with E-state index in [1.165, 1.54) is 0 Å². The standard InChI is InChI=1S/C15H23NO3/c1-2-18-14-3-5-15(6-4-14)19-12-9-16-13-7-10-17-11-8-13/h3-6,13,16H,2,7-12H2,1H3. The third-order valence-corrected chi connectivity index (χ3v) is 3.16. The normalized spacial score (nSPS) is 16.3. The fraction of sp³-hybridized carbons (Fsp3) is 0.600. The lowest BCUT2D eigenvalue weighted by atomic mass is 10.1. The summed E-state index contributed by atoms with van der Waals surface area (Å²) in [5, 5.41) is 3.49. The zero-order chi connectivity index (χ0) is 13.3. The van der Waals surface area contributed by atoms with E-state index in [2.05, 4.69) is 5.32 Å². The molecule has 1 fully saturated rings. The van der Waals surface area contributed by atoms with Crippen molar-refractivity contribution in [1.29, 1.82) is 0 Å². The van der Waals surface area contributed by atoms with Gasteiger partial charge in [-0.25, -0.2) is 0 Å². The van der Waals surface area contributed by atoms with Crippen LogP contribution in [-0.2, 0) is 4.74 Å². The lowest BCUT2D eigenvalue weighted by molar-refractivity contribution is 0.0770. The molecular formula is C15H23NO3. The molecule has 19 heavy (non-hydrogen) atoms. The van der Waals surface area contributed by atoms with Gasteiger partial charge < -0.3 is 19.5 Å². The highest BCUT2D eigenvalue weighted by atomic mass is 16.5. The van der Waals surface area contributed by atoms with E-state index in [-0.39, 0.29) is 0 Å². The van der Waals surface area contributed by atoms with Crippen molar-refractivity contribution in [1.82, 2.24) is 5.32 Å². The smallest absolute Gasteiger partial charge is 0.119 e. The molecule has 1 aromatic carbocycles. The number of hydrogen-bond acceptors (Lipinski definition) is 4. The Balaban J connectivity index is 1.62. The SMILES string of the molecule is CCOc1ccc(OCCNC2CCOCC2)cc1. The third-order valence-electron chi connectivity index (χ3n) is 3.16. The van der Waals surface area contributed by atoms with E-state index in [9.17, 15) is 0 Å². The van der Waals surface area contributed by atoms with E-state index < -0.39 is 0 Å². The summed E-state index contributed by atoms with van der Waals surface area (Å²) in [6.45, 7) is 5.97. The zero-order valence-electron chi connectivity index (χ0n) is 11.6. The summed E-state index contributed by atoms with van der Waals surface area (Å²) in [5.41, 5.74) is 0. The second kappa shape index (κ2) is 8.02. The quantitative estimate of drug-likeness (QED) is 0.767. The van der Waals surface area contributed by atoms with Crippen molar-refractivity contribution in [2.45, 2.75) is 25.8 Å². The Labute approximate surface area is 115 Å². The van der Waals surface area contributed by atoms with E-state index in [1.807, 2.05) is 31.2 Å². The molecule has 2 rings (SSSR count). The highest BCUT2D eigenvalue weighted by Crippen LogP contribution is 2.17. The van der Waals surface area contributed by atoms with Gasteiger partial charge in [0.25, 0.3) is 0 Å². The lowest BCUT2D eigenvalue weighted by Gasteiger charge is -2.23. The van der Waals surface area contributed by atoms with Gasteiger partial charge in [-0.3, -0.25) is 0 Å². The summed E-state index contributed by atoms with van der Waals surface area (Å²) in [4.78, 5) is 0. The summed E-state index contributed by atoms with van der Waals surface area (Å²) in [6, 6.07) is 8.34. The Hall–Kier alpha value is -1.26. The van der Waals surface area contributed by atoms with Crippen LogP contribution in [0.3, 0.4) is 0 Å². The van der Waals surface area contributed by atoms with Crippen molar-refractivity contribution in [2.24, 2.45) is 0 Å². The minimum Gasteiger partial charge on any atom is -0.494 e. The maximum Gasteiger partial charge on any atom is 0.119 e. The molecule has 0 aliphatic carbocycles. The summed E-state index contributed by atoms with van der Waals surface area (Å²) < 4.78 is 16.4. The molecule has 0 saturated carbocycles. The molecule has 0 aromatic heterocycles. The van der Waals surface area contributed by atoms with Gasteiger partial charge in [0, 0.05) is 25.8 Å². The van der Waals surface area contributed by atoms with Crippen LogP contribution in [0.25, 0.3) is 0 Å². The van der Waals surface area contributed by atoms with E-state index in [4.69, 9.17) is 14.2 Å². The molecule has 0 amide bonds. The van der Waals surface area contributed by atoms with E-state index in [0.29, 0.717) is 19.3 Å². The van der Waals surface area contributed by atoms with E-state index >= 15 is 0 Å². The maximum atomic E-state index is 5.68. The Kier molecular flexibility index (Phi) is 5.98. The molecule has 106 valence electrons. The van der Waals surface area contributed by atoms with E-state index in [1.54, 1.807) is 0 Å². The Morgan fingerprint density at radius 3 is 2.37 bits per heavy atom. The number of ether oxygens (including phenoxy) is 3. The minimum absolute atomic E-state index is 0.581. The van der Waals surface area contributed by atoms with Gasteiger partial charge in [-0.2, -0.15) is 0 Å². The average molecular weight is 265 g/mol. The van der Waals surface area contributed by atoms with Gasteiger partial charge in [0.2, 0.25) is 0 Å². The van der Waals surface area contributed by atoms with Crippen molar-refractivity contribution in [3.63, 3.8) is 0 Å². The predicted octanol–water partition coefficient (Wildman–Crippen LogP) is 2.23. The van der Waals surface area contributed by atoms with Crippen molar-refractivity contribution in [2.75, 3.05) is 33.0 Å². The molecule has 1 aliphatic heterocycles. The lowest BCUT2D eigenvalue weighted by Crippen LogP contribution is -2.37. The van der Waals surface area contributed by atoms with Crippen LogP contribution in [0.4, 0.5) is 0 Å². The van der Waals surface area contributed by atoms with E-state index in [0.717, 1.165) is 44.1 Å². The monoisotopic (exact) mass is 265 g/mol. The van der Waals surface area contributed by atoms with Crippen molar-refractivity contribution in [3.8, 4) is 11.5 Å². The highest BCUT2D eigenvalue weighted by Gasteiger charge is 2.12. The molecule has 1 aliphatic rings. The molecule has 0 radical (unpaired) electrons. The van der Waals surface area contributed by atoms with Crippen LogP contribution < -0.4 is 14.8 Å². The largest absolute Gasteiger partial charge is 0.494 e. The fourth-order valence-electron chi connectivity index (χ4n) is 2.13. The molecule has 1 N–H and O–H groups in total. The van der Waals surface area contributed by atoms with Crippen LogP contribution in [0, 0.1) is 0 Å².